The molecular weight excluding hydrogens is 345 g/mol. The highest BCUT2D eigenvalue weighted by Crippen LogP contribution is 2.18. The Hall–Kier alpha value is -3.06. The number of nitrogens with two attached hydrogens (primary N) is 1. The average molecular weight is 367 g/mol. The molecule has 2 aromatic carbocycles. The zero-order chi connectivity index (χ0) is 19.4. The van der Waals surface area contributed by atoms with Crippen molar-refractivity contribution in [3.05, 3.63) is 77.6 Å². The summed E-state index contributed by atoms with van der Waals surface area (Å²) in [6, 6.07) is 11.9. The number of amides is 1. The van der Waals surface area contributed by atoms with E-state index in [1.54, 1.807) is 6.07 Å². The van der Waals surface area contributed by atoms with E-state index in [-0.39, 0.29) is 29.7 Å². The monoisotopic (exact) mass is 367 g/mol. The second-order valence-corrected chi connectivity index (χ2v) is 6.64. The summed E-state index contributed by atoms with van der Waals surface area (Å²) in [5.41, 5.74) is 8.78. The number of hydrogen-bond acceptors (Lipinski definition) is 4. The van der Waals surface area contributed by atoms with Gasteiger partial charge in [0.05, 0.1) is 0 Å². The molecule has 3 aromatic rings. The first kappa shape index (κ1) is 18.7. The molecule has 0 spiro atoms. The van der Waals surface area contributed by atoms with Gasteiger partial charge in [0, 0.05) is 18.2 Å². The Labute approximate surface area is 157 Å². The van der Waals surface area contributed by atoms with Crippen LogP contribution in [-0.2, 0) is 0 Å². The topological polar surface area (TPSA) is 85.8 Å². The molecule has 3 rings (SSSR count). The summed E-state index contributed by atoms with van der Waals surface area (Å²) in [7, 11) is 0. The van der Waals surface area contributed by atoms with Gasteiger partial charge in [0.1, 0.15) is 24.2 Å². The lowest BCUT2D eigenvalue weighted by atomic mass is 9.99. The lowest BCUT2D eigenvalue weighted by molar-refractivity contribution is 0.0950. The average Bonchev–Trinajstić information content (AvgIpc) is 3.20. The van der Waals surface area contributed by atoms with Gasteiger partial charge >= 0.3 is 0 Å². The summed E-state index contributed by atoms with van der Waals surface area (Å²) >= 11 is 0. The molecule has 0 aliphatic heterocycles. The molecule has 0 bridgehead atoms. The fourth-order valence-corrected chi connectivity index (χ4v) is 2.72. The molecule has 27 heavy (non-hydrogen) atoms. The van der Waals surface area contributed by atoms with Crippen LogP contribution in [0.5, 0.6) is 0 Å². The van der Waals surface area contributed by atoms with Crippen molar-refractivity contribution in [1.29, 1.82) is 0 Å². The maximum atomic E-state index is 14.2. The number of benzene rings is 2. The number of carbonyl (C=O) groups is 1. The van der Waals surface area contributed by atoms with Crippen LogP contribution in [0.25, 0.3) is 5.69 Å². The zero-order valence-electron chi connectivity index (χ0n) is 15.3. The Bertz CT molecular complexity index is 907. The Kier molecular flexibility index (Phi) is 5.61. The minimum absolute atomic E-state index is 0.221. The van der Waals surface area contributed by atoms with Crippen LogP contribution >= 0.6 is 0 Å². The van der Waals surface area contributed by atoms with E-state index in [4.69, 9.17) is 5.73 Å². The van der Waals surface area contributed by atoms with Gasteiger partial charge in [0.15, 0.2) is 0 Å². The first-order valence-electron chi connectivity index (χ1n) is 8.74. The van der Waals surface area contributed by atoms with E-state index >= 15 is 0 Å². The summed E-state index contributed by atoms with van der Waals surface area (Å²) in [6.07, 6.45) is 2.71. The number of nitrogens with zero attached hydrogens (tertiary/aromatic N) is 3. The van der Waals surface area contributed by atoms with Crippen molar-refractivity contribution in [3.63, 3.8) is 0 Å². The van der Waals surface area contributed by atoms with Crippen molar-refractivity contribution in [1.82, 2.24) is 20.1 Å². The molecule has 0 aliphatic rings. The van der Waals surface area contributed by atoms with Crippen molar-refractivity contribution in [2.24, 2.45) is 5.73 Å². The fraction of sp³-hybridized carbons (Fsp3) is 0.250. The number of carbonyl (C=O) groups excluding carboxylic acids is 1. The van der Waals surface area contributed by atoms with E-state index in [0.29, 0.717) is 5.92 Å². The van der Waals surface area contributed by atoms with Crippen molar-refractivity contribution >= 4 is 5.91 Å². The highest BCUT2D eigenvalue weighted by atomic mass is 19.1. The van der Waals surface area contributed by atoms with Gasteiger partial charge in [0.2, 0.25) is 0 Å². The minimum atomic E-state index is -0.554. The molecule has 1 atom stereocenters. The summed E-state index contributed by atoms with van der Waals surface area (Å²) in [5.74, 6) is -0.486. The predicted molar refractivity (Wildman–Crippen MR) is 101 cm³/mol. The molecule has 6 nitrogen and oxygen atoms in total. The van der Waals surface area contributed by atoms with Crippen molar-refractivity contribution in [2.45, 2.75) is 25.8 Å². The third-order valence-electron chi connectivity index (χ3n) is 4.39. The van der Waals surface area contributed by atoms with E-state index in [0.717, 1.165) is 5.56 Å². The quantitative estimate of drug-likeness (QED) is 0.701. The first-order chi connectivity index (χ1) is 13.0. The number of hydrogen-bond donors (Lipinski definition) is 2. The van der Waals surface area contributed by atoms with Crippen LogP contribution in [0.15, 0.2) is 55.1 Å². The lowest BCUT2D eigenvalue weighted by Crippen LogP contribution is -2.32. The van der Waals surface area contributed by atoms with Crippen LogP contribution in [0.4, 0.5) is 4.39 Å². The molecule has 0 unspecified atom stereocenters. The van der Waals surface area contributed by atoms with Crippen LogP contribution in [0.1, 0.15) is 47.3 Å². The summed E-state index contributed by atoms with van der Waals surface area (Å²) < 4.78 is 15.5. The SMILES string of the molecule is CC(C)c1ccc([C@H](N)CNC(=O)c2ccc(-n3cncn3)c(F)c2)cc1. The zero-order valence-corrected chi connectivity index (χ0v) is 15.3. The lowest BCUT2D eigenvalue weighted by Gasteiger charge is -2.15. The molecule has 140 valence electrons. The second-order valence-electron chi connectivity index (χ2n) is 6.64. The van der Waals surface area contributed by atoms with Gasteiger partial charge in [-0.1, -0.05) is 38.1 Å². The van der Waals surface area contributed by atoms with Crippen LogP contribution in [0.2, 0.25) is 0 Å². The predicted octanol–water partition coefficient (Wildman–Crippen LogP) is 2.96. The van der Waals surface area contributed by atoms with Gasteiger partial charge in [0.25, 0.3) is 5.91 Å². The summed E-state index contributed by atoms with van der Waals surface area (Å²) in [4.78, 5) is 16.1. The van der Waals surface area contributed by atoms with Crippen molar-refractivity contribution < 1.29 is 9.18 Å². The number of aromatic nitrogens is 3. The molecule has 0 saturated carbocycles. The molecule has 0 radical (unpaired) electrons. The van der Waals surface area contributed by atoms with Gasteiger partial charge in [-0.2, -0.15) is 5.10 Å². The molecule has 1 amide bonds. The fourth-order valence-electron chi connectivity index (χ4n) is 2.72. The Morgan fingerprint density at radius 2 is 1.89 bits per heavy atom. The minimum Gasteiger partial charge on any atom is -0.350 e. The maximum Gasteiger partial charge on any atom is 0.251 e. The van der Waals surface area contributed by atoms with Crippen LogP contribution in [-0.4, -0.2) is 27.2 Å². The van der Waals surface area contributed by atoms with E-state index in [2.05, 4.69) is 29.2 Å². The molecule has 0 aliphatic carbocycles. The van der Waals surface area contributed by atoms with Gasteiger partial charge in [-0.05, 0) is 35.2 Å². The van der Waals surface area contributed by atoms with E-state index < -0.39 is 5.82 Å². The van der Waals surface area contributed by atoms with Gasteiger partial charge in [-0.25, -0.2) is 14.1 Å². The van der Waals surface area contributed by atoms with E-state index in [1.165, 1.54) is 35.0 Å². The first-order valence-corrected chi connectivity index (χ1v) is 8.74. The Balaban J connectivity index is 1.62. The van der Waals surface area contributed by atoms with Gasteiger partial charge in [-0.15, -0.1) is 0 Å². The molecule has 0 saturated heterocycles. The molecule has 3 N–H and O–H groups in total. The standard InChI is InChI=1S/C20H22FN5O/c1-13(2)14-3-5-15(6-4-14)18(22)10-24-20(27)16-7-8-19(17(21)9-16)26-12-23-11-25-26/h3-9,11-13,18H,10,22H2,1-2H3,(H,24,27)/t18-/m1/s1. The molecule has 0 fully saturated rings. The third-order valence-corrected chi connectivity index (χ3v) is 4.39. The van der Waals surface area contributed by atoms with Crippen LogP contribution < -0.4 is 11.1 Å². The van der Waals surface area contributed by atoms with Gasteiger partial charge in [-0.3, -0.25) is 4.79 Å². The molecule has 1 aromatic heterocycles. The highest BCUT2D eigenvalue weighted by molar-refractivity contribution is 5.94. The number of rotatable bonds is 6. The number of halogens is 1. The van der Waals surface area contributed by atoms with Crippen LogP contribution in [0, 0.1) is 5.82 Å². The summed E-state index contributed by atoms with van der Waals surface area (Å²) in [5, 5.41) is 6.63. The number of nitrogens with one attached hydrogen (secondary N) is 1. The molecule has 7 heteroatoms. The van der Waals surface area contributed by atoms with Crippen LogP contribution in [0.3, 0.4) is 0 Å². The second kappa shape index (κ2) is 8.09. The van der Waals surface area contributed by atoms with E-state index in [1.807, 2.05) is 24.3 Å². The van der Waals surface area contributed by atoms with E-state index in [9.17, 15) is 9.18 Å². The normalized spacial score (nSPS) is 12.2. The third kappa shape index (κ3) is 4.38. The highest BCUT2D eigenvalue weighted by Gasteiger charge is 2.13. The van der Waals surface area contributed by atoms with Crippen molar-refractivity contribution in [2.75, 3.05) is 6.54 Å². The molecule has 1 heterocycles. The maximum absolute atomic E-state index is 14.2. The Morgan fingerprint density at radius 1 is 1.19 bits per heavy atom. The smallest absolute Gasteiger partial charge is 0.251 e. The van der Waals surface area contributed by atoms with Gasteiger partial charge < -0.3 is 11.1 Å². The Morgan fingerprint density at radius 3 is 2.48 bits per heavy atom. The summed E-state index contributed by atoms with van der Waals surface area (Å²) in [6.45, 7) is 4.51. The largest absolute Gasteiger partial charge is 0.350 e. The van der Waals surface area contributed by atoms with Crippen molar-refractivity contribution in [3.8, 4) is 5.69 Å². The molecular formula is C20H22FN5O.